The van der Waals surface area contributed by atoms with Crippen molar-refractivity contribution >= 4 is 11.9 Å². The molecule has 2 aromatic rings. The lowest BCUT2D eigenvalue weighted by atomic mass is 10.1. The number of ether oxygens (including phenoxy) is 1. The van der Waals surface area contributed by atoms with Crippen LogP contribution in [0.3, 0.4) is 0 Å². The van der Waals surface area contributed by atoms with Gasteiger partial charge in [0.05, 0.1) is 25.3 Å². The normalized spacial score (nSPS) is 17.9. The van der Waals surface area contributed by atoms with Crippen molar-refractivity contribution in [3.8, 4) is 11.3 Å². The molecule has 0 radical (unpaired) electrons. The second-order valence-electron chi connectivity index (χ2n) is 5.26. The van der Waals surface area contributed by atoms with Crippen molar-refractivity contribution < 1.29 is 24.0 Å². The predicted octanol–water partition coefficient (Wildman–Crippen LogP) is 1.20. The summed E-state index contributed by atoms with van der Waals surface area (Å²) in [6.45, 7) is 0.653. The number of rotatable bonds is 4. The number of carboxylic acid groups (broad SMARTS) is 1. The molecule has 3 rings (SSSR count). The molecule has 120 valence electrons. The average Bonchev–Trinajstić information content (AvgIpc) is 3.04. The number of aliphatic carboxylic acids is 1. The highest BCUT2D eigenvalue weighted by Gasteiger charge is 2.29. The number of hydrogen-bond donors (Lipinski definition) is 1. The molecule has 1 saturated heterocycles. The van der Waals surface area contributed by atoms with Crippen LogP contribution in [-0.2, 0) is 20.7 Å². The summed E-state index contributed by atoms with van der Waals surface area (Å²) in [4.78, 5) is 24.7. The Balaban J connectivity index is 1.64. The number of carboxylic acids is 1. The Bertz CT molecular complexity index is 698. The summed E-state index contributed by atoms with van der Waals surface area (Å²) in [5.74, 6) is -0.651. The van der Waals surface area contributed by atoms with Gasteiger partial charge in [-0.2, -0.15) is 0 Å². The van der Waals surface area contributed by atoms with E-state index in [2.05, 4.69) is 5.16 Å². The van der Waals surface area contributed by atoms with Gasteiger partial charge in [-0.05, 0) is 0 Å². The first-order valence-corrected chi connectivity index (χ1v) is 7.26. The molecule has 7 nitrogen and oxygen atoms in total. The fraction of sp³-hybridized carbons (Fsp3) is 0.312. The van der Waals surface area contributed by atoms with E-state index in [1.54, 1.807) is 6.07 Å². The molecule has 7 heteroatoms. The van der Waals surface area contributed by atoms with Gasteiger partial charge in [0.25, 0.3) is 0 Å². The molecule has 0 saturated carbocycles. The summed E-state index contributed by atoms with van der Waals surface area (Å²) in [5, 5.41) is 12.9. The van der Waals surface area contributed by atoms with E-state index in [-0.39, 0.29) is 25.5 Å². The molecular weight excluding hydrogens is 300 g/mol. The molecule has 0 unspecified atom stereocenters. The number of aromatic nitrogens is 1. The first-order chi connectivity index (χ1) is 11.1. The van der Waals surface area contributed by atoms with Gasteiger partial charge in [0.15, 0.2) is 11.9 Å². The van der Waals surface area contributed by atoms with Gasteiger partial charge >= 0.3 is 5.97 Å². The zero-order valence-electron chi connectivity index (χ0n) is 12.3. The summed E-state index contributed by atoms with van der Waals surface area (Å²) in [7, 11) is 0. The lowest BCUT2D eigenvalue weighted by Crippen LogP contribution is -2.49. The van der Waals surface area contributed by atoms with Crippen LogP contribution >= 0.6 is 0 Å². The number of benzene rings is 1. The second-order valence-corrected chi connectivity index (χ2v) is 5.26. The van der Waals surface area contributed by atoms with Crippen LogP contribution in [0, 0.1) is 0 Å². The molecule has 1 amide bonds. The molecule has 1 aromatic heterocycles. The minimum Gasteiger partial charge on any atom is -0.479 e. The maximum absolute atomic E-state index is 12.3. The standard InChI is InChI=1S/C16H16N2O5/c19-15(18-6-7-22-14(10-18)16(20)21)9-12-8-13(23-17-12)11-4-2-1-3-5-11/h1-5,8,14H,6-7,9-10H2,(H,20,21)/t14-/m0/s1. The van der Waals surface area contributed by atoms with Crippen molar-refractivity contribution in [3.63, 3.8) is 0 Å². The van der Waals surface area contributed by atoms with Crippen molar-refractivity contribution in [2.45, 2.75) is 12.5 Å². The van der Waals surface area contributed by atoms with E-state index < -0.39 is 12.1 Å². The predicted molar refractivity (Wildman–Crippen MR) is 79.6 cm³/mol. The van der Waals surface area contributed by atoms with Crippen LogP contribution in [0.25, 0.3) is 11.3 Å². The van der Waals surface area contributed by atoms with E-state index in [0.29, 0.717) is 18.0 Å². The van der Waals surface area contributed by atoms with Crippen LogP contribution in [0.1, 0.15) is 5.69 Å². The highest BCUT2D eigenvalue weighted by atomic mass is 16.5. The van der Waals surface area contributed by atoms with Gasteiger partial charge in [-0.25, -0.2) is 4.79 Å². The summed E-state index contributed by atoms with van der Waals surface area (Å²) in [6, 6.07) is 11.2. The third-order valence-corrected chi connectivity index (χ3v) is 3.64. The smallest absolute Gasteiger partial charge is 0.334 e. The number of morpholine rings is 1. The Morgan fingerprint density at radius 2 is 2.09 bits per heavy atom. The highest BCUT2D eigenvalue weighted by molar-refractivity contribution is 5.80. The summed E-state index contributed by atoms with van der Waals surface area (Å²) in [6.07, 6.45) is -0.896. The fourth-order valence-corrected chi connectivity index (χ4v) is 2.43. The number of carbonyl (C=O) groups is 2. The maximum Gasteiger partial charge on any atom is 0.334 e. The first kappa shape index (κ1) is 15.2. The van der Waals surface area contributed by atoms with Crippen molar-refractivity contribution in [3.05, 3.63) is 42.1 Å². The van der Waals surface area contributed by atoms with E-state index in [1.165, 1.54) is 4.90 Å². The third-order valence-electron chi connectivity index (χ3n) is 3.64. The van der Waals surface area contributed by atoms with Gasteiger partial charge in [-0.3, -0.25) is 4.79 Å². The van der Waals surface area contributed by atoms with Gasteiger partial charge in [0.2, 0.25) is 5.91 Å². The molecule has 1 aliphatic heterocycles. The Kier molecular flexibility index (Phi) is 4.38. The van der Waals surface area contributed by atoms with E-state index in [1.807, 2.05) is 30.3 Å². The number of hydrogen-bond acceptors (Lipinski definition) is 5. The lowest BCUT2D eigenvalue weighted by molar-refractivity contribution is -0.159. The molecule has 1 atom stereocenters. The van der Waals surface area contributed by atoms with Crippen molar-refractivity contribution in [2.24, 2.45) is 0 Å². The fourth-order valence-electron chi connectivity index (χ4n) is 2.43. The number of nitrogens with zero attached hydrogens (tertiary/aromatic N) is 2. The largest absolute Gasteiger partial charge is 0.479 e. The Labute approximate surface area is 132 Å². The van der Waals surface area contributed by atoms with Crippen molar-refractivity contribution in [2.75, 3.05) is 19.7 Å². The molecule has 0 bridgehead atoms. The van der Waals surface area contributed by atoms with Crippen LogP contribution in [-0.4, -0.2) is 52.8 Å². The topological polar surface area (TPSA) is 92.9 Å². The number of amides is 1. The SMILES string of the molecule is O=C(O)[C@@H]1CN(C(=O)Cc2cc(-c3ccccc3)on2)CCO1. The van der Waals surface area contributed by atoms with E-state index >= 15 is 0 Å². The van der Waals surface area contributed by atoms with Crippen LogP contribution in [0.15, 0.2) is 40.9 Å². The van der Waals surface area contributed by atoms with Crippen LogP contribution in [0.5, 0.6) is 0 Å². The van der Waals surface area contributed by atoms with Gasteiger partial charge in [-0.15, -0.1) is 0 Å². The van der Waals surface area contributed by atoms with Gasteiger partial charge in [-0.1, -0.05) is 35.5 Å². The average molecular weight is 316 g/mol. The van der Waals surface area contributed by atoms with Crippen LogP contribution < -0.4 is 0 Å². The number of carbonyl (C=O) groups excluding carboxylic acids is 1. The second kappa shape index (κ2) is 6.62. The Hall–Kier alpha value is -2.67. The minimum absolute atomic E-state index is 0.0531. The third kappa shape index (κ3) is 3.57. The lowest BCUT2D eigenvalue weighted by Gasteiger charge is -2.30. The van der Waals surface area contributed by atoms with Gasteiger partial charge in [0.1, 0.15) is 0 Å². The molecule has 2 heterocycles. The monoisotopic (exact) mass is 316 g/mol. The van der Waals surface area contributed by atoms with E-state index in [0.717, 1.165) is 5.56 Å². The van der Waals surface area contributed by atoms with Crippen molar-refractivity contribution in [1.29, 1.82) is 0 Å². The summed E-state index contributed by atoms with van der Waals surface area (Å²) < 4.78 is 10.4. The summed E-state index contributed by atoms with van der Waals surface area (Å²) >= 11 is 0. The molecule has 23 heavy (non-hydrogen) atoms. The Morgan fingerprint density at radius 3 is 2.83 bits per heavy atom. The molecular formula is C16H16N2O5. The van der Waals surface area contributed by atoms with Gasteiger partial charge in [0, 0.05) is 18.2 Å². The van der Waals surface area contributed by atoms with Crippen LogP contribution in [0.2, 0.25) is 0 Å². The molecule has 1 fully saturated rings. The van der Waals surface area contributed by atoms with Crippen molar-refractivity contribution in [1.82, 2.24) is 10.1 Å². The zero-order valence-corrected chi connectivity index (χ0v) is 12.3. The zero-order chi connectivity index (χ0) is 16.2. The summed E-state index contributed by atoms with van der Waals surface area (Å²) in [5.41, 5.74) is 1.41. The molecule has 0 spiro atoms. The molecule has 1 aromatic carbocycles. The van der Waals surface area contributed by atoms with Gasteiger partial charge < -0.3 is 19.3 Å². The quantitative estimate of drug-likeness (QED) is 0.911. The van der Waals surface area contributed by atoms with Crippen LogP contribution in [0.4, 0.5) is 0 Å². The Morgan fingerprint density at radius 1 is 1.30 bits per heavy atom. The molecule has 0 aliphatic carbocycles. The maximum atomic E-state index is 12.3. The van der Waals surface area contributed by atoms with E-state index in [9.17, 15) is 9.59 Å². The first-order valence-electron chi connectivity index (χ1n) is 7.26. The molecule has 1 N–H and O–H groups in total. The highest BCUT2D eigenvalue weighted by Crippen LogP contribution is 2.20. The minimum atomic E-state index is -1.06. The van der Waals surface area contributed by atoms with E-state index in [4.69, 9.17) is 14.4 Å². The molecule has 1 aliphatic rings.